The average Bonchev–Trinajstić information content (AvgIpc) is 2.28. The fourth-order valence-corrected chi connectivity index (χ4v) is 1.86. The van der Waals surface area contributed by atoms with Gasteiger partial charge in [0, 0.05) is 19.2 Å². The fourth-order valence-electron chi connectivity index (χ4n) is 1.49. The summed E-state index contributed by atoms with van der Waals surface area (Å²) in [7, 11) is 0. The molecule has 0 saturated carbocycles. The van der Waals surface area contributed by atoms with E-state index in [9.17, 15) is 13.2 Å². The molecule has 0 N–H and O–H groups in total. The predicted molar refractivity (Wildman–Crippen MR) is 57.8 cm³/mol. The van der Waals surface area contributed by atoms with Crippen molar-refractivity contribution in [2.75, 3.05) is 31.2 Å². The minimum absolute atomic E-state index is 0.126. The van der Waals surface area contributed by atoms with Crippen LogP contribution >= 0.6 is 15.9 Å². The molecule has 1 aromatic heterocycles. The van der Waals surface area contributed by atoms with Gasteiger partial charge in [-0.3, -0.25) is 0 Å². The molecule has 8 heteroatoms. The minimum Gasteiger partial charge on any atom is -0.378 e. The molecule has 0 amide bonds. The van der Waals surface area contributed by atoms with Gasteiger partial charge in [0.1, 0.15) is 10.4 Å². The smallest absolute Gasteiger partial charge is 0.378 e. The third-order valence-corrected chi connectivity index (χ3v) is 2.68. The van der Waals surface area contributed by atoms with E-state index in [1.165, 1.54) is 6.07 Å². The molecule has 94 valence electrons. The van der Waals surface area contributed by atoms with Gasteiger partial charge in [-0.15, -0.1) is 0 Å². The largest absolute Gasteiger partial charge is 0.451 e. The molecule has 0 aliphatic carbocycles. The van der Waals surface area contributed by atoms with Crippen molar-refractivity contribution in [2.45, 2.75) is 6.18 Å². The molecule has 2 heterocycles. The van der Waals surface area contributed by atoms with Crippen LogP contribution in [0.15, 0.2) is 10.7 Å². The zero-order valence-corrected chi connectivity index (χ0v) is 10.3. The summed E-state index contributed by atoms with van der Waals surface area (Å²) in [6, 6.07) is 1.47. The van der Waals surface area contributed by atoms with Gasteiger partial charge in [-0.25, -0.2) is 9.97 Å². The van der Waals surface area contributed by atoms with Crippen LogP contribution in [0.2, 0.25) is 0 Å². The average molecular weight is 312 g/mol. The molecular weight excluding hydrogens is 303 g/mol. The Morgan fingerprint density at radius 3 is 2.47 bits per heavy atom. The number of halogens is 4. The molecule has 1 aliphatic rings. The maximum atomic E-state index is 12.5. The molecule has 0 bridgehead atoms. The summed E-state index contributed by atoms with van der Waals surface area (Å²) in [6.45, 7) is 2.04. The third kappa shape index (κ3) is 3.06. The lowest BCUT2D eigenvalue weighted by molar-refractivity contribution is -0.145. The number of aromatic nitrogens is 2. The van der Waals surface area contributed by atoms with Crippen molar-refractivity contribution in [3.63, 3.8) is 0 Å². The maximum absolute atomic E-state index is 12.5. The van der Waals surface area contributed by atoms with Crippen LogP contribution in [0.4, 0.5) is 19.0 Å². The number of alkyl halides is 3. The number of anilines is 1. The normalized spacial score (nSPS) is 17.3. The predicted octanol–water partition coefficient (Wildman–Crippen LogP) is 2.09. The van der Waals surface area contributed by atoms with Crippen molar-refractivity contribution in [3.05, 3.63) is 16.5 Å². The summed E-state index contributed by atoms with van der Waals surface area (Å²) in [5.74, 6) is -0.865. The van der Waals surface area contributed by atoms with Gasteiger partial charge in [0.2, 0.25) is 5.82 Å². The Balaban J connectivity index is 2.31. The number of morpholine rings is 1. The Morgan fingerprint density at radius 2 is 1.88 bits per heavy atom. The lowest BCUT2D eigenvalue weighted by atomic mass is 10.4. The molecule has 2 rings (SSSR count). The molecule has 17 heavy (non-hydrogen) atoms. The lowest BCUT2D eigenvalue weighted by Gasteiger charge is -2.28. The third-order valence-electron chi connectivity index (χ3n) is 2.27. The topological polar surface area (TPSA) is 38.2 Å². The first-order valence-corrected chi connectivity index (χ1v) is 5.70. The van der Waals surface area contributed by atoms with E-state index in [1.54, 1.807) is 4.90 Å². The molecule has 0 unspecified atom stereocenters. The number of hydrogen-bond acceptors (Lipinski definition) is 4. The minimum atomic E-state index is -4.54. The second-order valence-corrected chi connectivity index (χ2v) is 4.28. The van der Waals surface area contributed by atoms with E-state index in [0.717, 1.165) is 0 Å². The van der Waals surface area contributed by atoms with Gasteiger partial charge in [-0.05, 0) is 15.9 Å². The van der Waals surface area contributed by atoms with Crippen molar-refractivity contribution in [3.8, 4) is 0 Å². The zero-order chi connectivity index (χ0) is 12.5. The second-order valence-electron chi connectivity index (χ2n) is 3.47. The SMILES string of the molecule is FC(F)(F)c1nc(Br)cc(N2CCOCC2)n1. The van der Waals surface area contributed by atoms with Crippen molar-refractivity contribution >= 4 is 21.7 Å². The first kappa shape index (κ1) is 12.6. The Bertz CT molecular complexity index is 407. The van der Waals surface area contributed by atoms with Crippen LogP contribution in [0.5, 0.6) is 0 Å². The Kier molecular flexibility index (Phi) is 3.53. The molecule has 4 nitrogen and oxygen atoms in total. The van der Waals surface area contributed by atoms with E-state index >= 15 is 0 Å². The zero-order valence-electron chi connectivity index (χ0n) is 8.67. The van der Waals surface area contributed by atoms with Crippen molar-refractivity contribution < 1.29 is 17.9 Å². The van der Waals surface area contributed by atoms with Crippen LogP contribution in [0, 0.1) is 0 Å². The van der Waals surface area contributed by atoms with E-state index in [4.69, 9.17) is 4.74 Å². The number of ether oxygens (including phenoxy) is 1. The fraction of sp³-hybridized carbons (Fsp3) is 0.556. The highest BCUT2D eigenvalue weighted by Gasteiger charge is 2.35. The van der Waals surface area contributed by atoms with E-state index in [2.05, 4.69) is 25.9 Å². The quantitative estimate of drug-likeness (QED) is 0.744. The molecule has 0 spiro atoms. The van der Waals surface area contributed by atoms with E-state index in [0.29, 0.717) is 26.3 Å². The van der Waals surface area contributed by atoms with Crippen LogP contribution in [0.3, 0.4) is 0 Å². The van der Waals surface area contributed by atoms with Crippen LogP contribution in [-0.4, -0.2) is 36.3 Å². The van der Waals surface area contributed by atoms with Crippen LogP contribution in [0.1, 0.15) is 5.82 Å². The highest BCUT2D eigenvalue weighted by molar-refractivity contribution is 9.10. The molecular formula is C9H9BrF3N3O. The van der Waals surface area contributed by atoms with Crippen LogP contribution < -0.4 is 4.90 Å². The summed E-state index contributed by atoms with van der Waals surface area (Å²) in [6.07, 6.45) is -4.54. The van der Waals surface area contributed by atoms with Gasteiger partial charge in [0.15, 0.2) is 0 Å². The van der Waals surface area contributed by atoms with Crippen LogP contribution in [-0.2, 0) is 10.9 Å². The molecule has 1 saturated heterocycles. The number of hydrogen-bond donors (Lipinski definition) is 0. The molecule has 0 atom stereocenters. The monoisotopic (exact) mass is 311 g/mol. The van der Waals surface area contributed by atoms with Gasteiger partial charge in [-0.1, -0.05) is 0 Å². The van der Waals surface area contributed by atoms with Crippen molar-refractivity contribution in [1.82, 2.24) is 9.97 Å². The first-order valence-electron chi connectivity index (χ1n) is 4.91. The Hall–Kier alpha value is -0.890. The van der Waals surface area contributed by atoms with E-state index < -0.39 is 12.0 Å². The van der Waals surface area contributed by atoms with Crippen molar-refractivity contribution in [1.29, 1.82) is 0 Å². The number of rotatable bonds is 1. The summed E-state index contributed by atoms with van der Waals surface area (Å²) in [5, 5.41) is 0. The summed E-state index contributed by atoms with van der Waals surface area (Å²) >= 11 is 2.96. The Labute approximate surface area is 104 Å². The van der Waals surface area contributed by atoms with Crippen molar-refractivity contribution in [2.24, 2.45) is 0 Å². The highest BCUT2D eigenvalue weighted by Crippen LogP contribution is 2.29. The molecule has 0 radical (unpaired) electrons. The highest BCUT2D eigenvalue weighted by atomic mass is 79.9. The van der Waals surface area contributed by atoms with Gasteiger partial charge in [-0.2, -0.15) is 13.2 Å². The first-order chi connectivity index (χ1) is 7.97. The summed E-state index contributed by atoms with van der Waals surface area (Å²) in [4.78, 5) is 8.60. The van der Waals surface area contributed by atoms with Crippen LogP contribution in [0.25, 0.3) is 0 Å². The second kappa shape index (κ2) is 4.77. The Morgan fingerprint density at radius 1 is 1.24 bits per heavy atom. The van der Waals surface area contributed by atoms with Gasteiger partial charge < -0.3 is 9.64 Å². The molecule has 0 aromatic carbocycles. The maximum Gasteiger partial charge on any atom is 0.451 e. The molecule has 1 aliphatic heterocycles. The summed E-state index contributed by atoms with van der Waals surface area (Å²) < 4.78 is 42.8. The van der Waals surface area contributed by atoms with Gasteiger partial charge in [0.25, 0.3) is 0 Å². The van der Waals surface area contributed by atoms with Gasteiger partial charge >= 0.3 is 6.18 Å². The molecule has 1 fully saturated rings. The lowest BCUT2D eigenvalue weighted by Crippen LogP contribution is -2.37. The standard InChI is InChI=1S/C9H9BrF3N3O/c10-6-5-7(16-1-3-17-4-2-16)15-8(14-6)9(11,12)13/h5H,1-4H2. The van der Waals surface area contributed by atoms with E-state index in [-0.39, 0.29) is 10.4 Å². The number of nitrogens with zero attached hydrogens (tertiary/aromatic N) is 3. The van der Waals surface area contributed by atoms with E-state index in [1.807, 2.05) is 0 Å². The van der Waals surface area contributed by atoms with Gasteiger partial charge in [0.05, 0.1) is 13.2 Å². The summed E-state index contributed by atoms with van der Waals surface area (Å²) in [5.41, 5.74) is 0. The molecule has 1 aromatic rings.